The second kappa shape index (κ2) is 5.98. The lowest BCUT2D eigenvalue weighted by Gasteiger charge is -2.24. The van der Waals surface area contributed by atoms with Crippen molar-refractivity contribution in [3.63, 3.8) is 0 Å². The maximum atomic E-state index is 12.7. The minimum atomic E-state index is -2.03. The van der Waals surface area contributed by atoms with E-state index in [1.807, 2.05) is 0 Å². The summed E-state index contributed by atoms with van der Waals surface area (Å²) in [5.74, 6) is 0. The molecule has 0 aliphatic carbocycles. The van der Waals surface area contributed by atoms with Crippen molar-refractivity contribution in [3.8, 4) is 0 Å². The van der Waals surface area contributed by atoms with Gasteiger partial charge >= 0.3 is 0 Å². The largest absolute Gasteiger partial charge is 0.394 e. The topological polar surface area (TPSA) is 87.0 Å². The molecule has 0 aromatic rings. The molecule has 0 unspecified atom stereocenters. The molecule has 5 nitrogen and oxygen atoms in total. The summed E-state index contributed by atoms with van der Waals surface area (Å²) >= 11 is 0. The number of alkyl halides is 1. The van der Waals surface area contributed by atoms with Crippen molar-refractivity contribution < 1.29 is 29.2 Å². The van der Waals surface area contributed by atoms with E-state index in [-0.39, 0.29) is 6.29 Å². The average molecular weight is 195 g/mol. The van der Waals surface area contributed by atoms with Gasteiger partial charge in [0.1, 0.15) is 18.3 Å². The summed E-state index contributed by atoms with van der Waals surface area (Å²) in [6, 6.07) is 0. The number of halogens is 1. The van der Waals surface area contributed by atoms with Gasteiger partial charge in [-0.05, 0) is 0 Å². The highest BCUT2D eigenvalue weighted by molar-refractivity contribution is 5.57. The van der Waals surface area contributed by atoms with E-state index >= 15 is 0 Å². The van der Waals surface area contributed by atoms with E-state index in [9.17, 15) is 9.18 Å². The number of ether oxygens (including phenoxy) is 1. The summed E-state index contributed by atoms with van der Waals surface area (Å²) < 4.78 is 17.2. The number of aldehydes is 1. The van der Waals surface area contributed by atoms with E-state index in [0.29, 0.717) is 0 Å². The normalized spacial score (nSPS) is 20.4. The molecule has 0 aliphatic rings. The smallest absolute Gasteiger partial charge is 0.184 e. The quantitative estimate of drug-likeness (QED) is 0.438. The van der Waals surface area contributed by atoms with Gasteiger partial charge in [-0.2, -0.15) is 0 Å². The lowest BCUT2D eigenvalue weighted by molar-refractivity contribution is -0.133. The molecule has 0 aromatic heterocycles. The third-order valence-electron chi connectivity index (χ3n) is 1.63. The van der Waals surface area contributed by atoms with Crippen LogP contribution in [0.4, 0.5) is 4.39 Å². The molecule has 4 atom stereocenters. The fourth-order valence-electron chi connectivity index (χ4n) is 0.862. The van der Waals surface area contributed by atoms with Gasteiger partial charge in [-0.25, -0.2) is 4.39 Å². The predicted octanol–water partition coefficient (Wildman–Crippen LogP) is -1.75. The third kappa shape index (κ3) is 3.35. The first kappa shape index (κ1) is 12.4. The Labute approximate surface area is 74.8 Å². The van der Waals surface area contributed by atoms with Crippen LogP contribution >= 0.6 is 0 Å². The van der Waals surface area contributed by atoms with Crippen molar-refractivity contribution in [2.75, 3.05) is 13.7 Å². The minimum Gasteiger partial charge on any atom is -0.394 e. The van der Waals surface area contributed by atoms with Crippen molar-refractivity contribution in [2.24, 2.45) is 0 Å². The predicted molar refractivity (Wildman–Crippen MR) is 40.9 cm³/mol. The number of carbonyl (C=O) groups is 1. The van der Waals surface area contributed by atoms with E-state index in [0.717, 1.165) is 7.11 Å². The first-order valence-electron chi connectivity index (χ1n) is 3.67. The fraction of sp³-hybridized carbons (Fsp3) is 0.857. The summed E-state index contributed by atoms with van der Waals surface area (Å²) in [4.78, 5) is 10.0. The summed E-state index contributed by atoms with van der Waals surface area (Å²) in [7, 11) is 1.09. The standard InChI is InChI=1S/C7H13FO5/c1-13-7(4(8)2-9)6(12)5(11)3-10/h2,4-7,10-12H,3H2,1H3/t4-,5+,6+,7+/m0/s1/i8-1. The third-order valence-corrected chi connectivity index (χ3v) is 1.63. The van der Waals surface area contributed by atoms with Gasteiger partial charge in [0.05, 0.1) is 6.61 Å². The van der Waals surface area contributed by atoms with Gasteiger partial charge in [0.15, 0.2) is 12.5 Å². The van der Waals surface area contributed by atoms with Crippen LogP contribution in [0, 0.1) is 0 Å². The van der Waals surface area contributed by atoms with Crippen LogP contribution in [0.25, 0.3) is 0 Å². The first-order valence-corrected chi connectivity index (χ1v) is 3.67. The minimum absolute atomic E-state index is 0.0402. The highest BCUT2D eigenvalue weighted by atomic mass is 18.2. The van der Waals surface area contributed by atoms with Crippen LogP contribution in [0.3, 0.4) is 0 Å². The number of rotatable bonds is 6. The van der Waals surface area contributed by atoms with Gasteiger partial charge in [0, 0.05) is 7.11 Å². The molecule has 6 heteroatoms. The fourth-order valence-corrected chi connectivity index (χ4v) is 0.862. The maximum Gasteiger partial charge on any atom is 0.184 e. The second-order valence-electron chi connectivity index (χ2n) is 2.52. The van der Waals surface area contributed by atoms with Crippen LogP contribution in [0.15, 0.2) is 0 Å². The molecule has 0 radical (unpaired) electrons. The molecular weight excluding hydrogens is 182 g/mol. The summed E-state index contributed by atoms with van der Waals surface area (Å²) in [6.07, 6.45) is -6.68. The zero-order valence-corrected chi connectivity index (χ0v) is 7.13. The van der Waals surface area contributed by atoms with E-state index < -0.39 is 31.1 Å². The lowest BCUT2D eigenvalue weighted by Crippen LogP contribution is -2.46. The van der Waals surface area contributed by atoms with E-state index in [2.05, 4.69) is 4.74 Å². The Morgan fingerprint density at radius 1 is 1.54 bits per heavy atom. The van der Waals surface area contributed by atoms with Gasteiger partial charge < -0.3 is 24.9 Å². The molecule has 0 rings (SSSR count). The van der Waals surface area contributed by atoms with Crippen LogP contribution in [0.5, 0.6) is 0 Å². The Hall–Kier alpha value is -0.560. The van der Waals surface area contributed by atoms with Crippen molar-refractivity contribution >= 4 is 6.29 Å². The Bertz CT molecular complexity index is 154. The molecule has 0 saturated heterocycles. The Balaban J connectivity index is 4.29. The molecule has 0 aliphatic heterocycles. The molecule has 3 N–H and O–H groups in total. The average Bonchev–Trinajstić information content (AvgIpc) is 2.17. The molecule has 0 fully saturated rings. The van der Waals surface area contributed by atoms with E-state index in [4.69, 9.17) is 15.3 Å². The molecule has 0 heterocycles. The summed E-state index contributed by atoms with van der Waals surface area (Å²) in [5, 5.41) is 26.5. The number of hydrogen-bond acceptors (Lipinski definition) is 5. The lowest BCUT2D eigenvalue weighted by atomic mass is 10.0. The number of carbonyl (C=O) groups excluding carboxylic acids is 1. The van der Waals surface area contributed by atoms with Crippen LogP contribution in [-0.2, 0) is 9.53 Å². The van der Waals surface area contributed by atoms with Gasteiger partial charge in [-0.3, -0.25) is 0 Å². The highest BCUT2D eigenvalue weighted by Crippen LogP contribution is 2.09. The van der Waals surface area contributed by atoms with Gasteiger partial charge in [0.2, 0.25) is 0 Å². The monoisotopic (exact) mass is 195 g/mol. The van der Waals surface area contributed by atoms with Crippen molar-refractivity contribution in [3.05, 3.63) is 0 Å². The SMILES string of the molecule is CO[C@@H]([C@H](O)[C@H](O)CO)[C@@H]([18F])C=O. The molecule has 0 spiro atoms. The molecular formula is C7H13FO5. The van der Waals surface area contributed by atoms with Crippen LogP contribution in [0.2, 0.25) is 0 Å². The second-order valence-corrected chi connectivity index (χ2v) is 2.52. The van der Waals surface area contributed by atoms with Gasteiger partial charge in [0.25, 0.3) is 0 Å². The number of methoxy groups -OCH3 is 1. The van der Waals surface area contributed by atoms with E-state index in [1.54, 1.807) is 0 Å². The summed E-state index contributed by atoms with van der Waals surface area (Å²) in [6.45, 7) is -0.730. The van der Waals surface area contributed by atoms with E-state index in [1.165, 1.54) is 0 Å². The zero-order chi connectivity index (χ0) is 10.4. The maximum absolute atomic E-state index is 12.7. The Morgan fingerprint density at radius 2 is 2.08 bits per heavy atom. The Morgan fingerprint density at radius 3 is 2.38 bits per heavy atom. The Kier molecular flexibility index (Phi) is 5.72. The zero-order valence-electron chi connectivity index (χ0n) is 7.13. The van der Waals surface area contributed by atoms with Crippen molar-refractivity contribution in [2.45, 2.75) is 24.5 Å². The van der Waals surface area contributed by atoms with Crippen molar-refractivity contribution in [1.82, 2.24) is 0 Å². The van der Waals surface area contributed by atoms with Gasteiger partial charge in [-0.1, -0.05) is 0 Å². The molecule has 0 amide bonds. The number of aliphatic hydroxyl groups is 3. The van der Waals surface area contributed by atoms with Crippen LogP contribution in [0.1, 0.15) is 0 Å². The number of hydrogen-bond donors (Lipinski definition) is 3. The molecule has 78 valence electrons. The molecule has 0 bridgehead atoms. The van der Waals surface area contributed by atoms with Crippen molar-refractivity contribution in [1.29, 1.82) is 0 Å². The van der Waals surface area contributed by atoms with Crippen LogP contribution < -0.4 is 0 Å². The molecule has 13 heavy (non-hydrogen) atoms. The van der Waals surface area contributed by atoms with Gasteiger partial charge in [-0.15, -0.1) is 0 Å². The summed E-state index contributed by atoms with van der Waals surface area (Å²) in [5.41, 5.74) is 0. The number of aliphatic hydroxyl groups excluding tert-OH is 3. The molecule has 0 saturated carbocycles. The van der Waals surface area contributed by atoms with Crippen LogP contribution in [-0.4, -0.2) is 59.8 Å². The molecule has 0 aromatic carbocycles. The first-order chi connectivity index (χ1) is 6.08. The highest BCUT2D eigenvalue weighted by Gasteiger charge is 2.32.